The molecule has 0 spiro atoms. The van der Waals surface area contributed by atoms with E-state index in [4.69, 9.17) is 18.6 Å². The third-order valence-corrected chi connectivity index (χ3v) is 6.27. The number of hydrogen-bond acceptors (Lipinski definition) is 6. The number of fused-ring (bicyclic) bond motifs is 1. The number of ether oxygens (including phenoxy) is 3. The minimum Gasteiger partial charge on any atom is -0.467 e. The highest BCUT2D eigenvalue weighted by molar-refractivity contribution is 5.92. The number of carbonyl (C=O) groups excluding carboxylic acids is 2. The van der Waals surface area contributed by atoms with Gasteiger partial charge in [0.2, 0.25) is 12.7 Å². The molecule has 1 saturated heterocycles. The van der Waals surface area contributed by atoms with E-state index in [2.05, 4.69) is 5.32 Å². The standard InChI is InChI=1S/C27H28FN3O6/c28-22-7-1-2-8-23(22)29-27(33)31(16-21-6-4-12-35-21)17-26(32)30(15-20-5-3-11-34-20)14-19-9-10-24-25(13-19)37-18-36-24/h1-3,5,7-11,13,21H,4,6,12,14-18H2,(H,29,33). The number of para-hydroxylation sites is 1. The molecular weight excluding hydrogens is 481 g/mol. The van der Waals surface area contributed by atoms with Crippen molar-refractivity contribution in [2.45, 2.75) is 32.0 Å². The van der Waals surface area contributed by atoms with E-state index >= 15 is 0 Å². The van der Waals surface area contributed by atoms with Gasteiger partial charge in [-0.25, -0.2) is 9.18 Å². The summed E-state index contributed by atoms with van der Waals surface area (Å²) in [5.74, 6) is 1.03. The zero-order valence-electron chi connectivity index (χ0n) is 20.2. The van der Waals surface area contributed by atoms with Crippen LogP contribution in [0, 0.1) is 5.82 Å². The molecule has 0 radical (unpaired) electrons. The lowest BCUT2D eigenvalue weighted by Gasteiger charge is -2.29. The number of furan rings is 1. The number of hydrogen-bond donors (Lipinski definition) is 1. The highest BCUT2D eigenvalue weighted by Gasteiger charge is 2.27. The van der Waals surface area contributed by atoms with Gasteiger partial charge in [-0.15, -0.1) is 0 Å². The minimum absolute atomic E-state index is 0.0464. The molecule has 3 heterocycles. The molecule has 37 heavy (non-hydrogen) atoms. The van der Waals surface area contributed by atoms with Gasteiger partial charge < -0.3 is 33.7 Å². The van der Waals surface area contributed by atoms with Crippen molar-refractivity contribution in [3.63, 3.8) is 0 Å². The first-order valence-electron chi connectivity index (χ1n) is 12.2. The Morgan fingerprint density at radius 2 is 1.86 bits per heavy atom. The van der Waals surface area contributed by atoms with Crippen LogP contribution in [0.2, 0.25) is 0 Å². The van der Waals surface area contributed by atoms with Crippen LogP contribution in [0.5, 0.6) is 11.5 Å². The lowest BCUT2D eigenvalue weighted by molar-refractivity contribution is -0.133. The quantitative estimate of drug-likeness (QED) is 0.460. The molecule has 2 aliphatic rings. The second-order valence-corrected chi connectivity index (χ2v) is 8.94. The normalized spacial score (nSPS) is 16.0. The Morgan fingerprint density at radius 1 is 1.00 bits per heavy atom. The Balaban J connectivity index is 1.34. The summed E-state index contributed by atoms with van der Waals surface area (Å²) in [6.45, 7) is 1.23. The number of rotatable bonds is 9. The van der Waals surface area contributed by atoms with Crippen molar-refractivity contribution in [2.75, 3.05) is 31.8 Å². The van der Waals surface area contributed by atoms with Gasteiger partial charge in [-0.05, 0) is 54.8 Å². The molecule has 10 heteroatoms. The summed E-state index contributed by atoms with van der Waals surface area (Å²) >= 11 is 0. The van der Waals surface area contributed by atoms with Gasteiger partial charge in [-0.1, -0.05) is 18.2 Å². The molecule has 2 aliphatic heterocycles. The molecule has 5 rings (SSSR count). The van der Waals surface area contributed by atoms with E-state index in [1.807, 2.05) is 12.1 Å². The van der Waals surface area contributed by atoms with Crippen LogP contribution in [0.3, 0.4) is 0 Å². The summed E-state index contributed by atoms with van der Waals surface area (Å²) in [5, 5.41) is 2.59. The molecule has 9 nitrogen and oxygen atoms in total. The fourth-order valence-electron chi connectivity index (χ4n) is 4.36. The minimum atomic E-state index is -0.574. The van der Waals surface area contributed by atoms with E-state index in [1.165, 1.54) is 17.0 Å². The van der Waals surface area contributed by atoms with Crippen molar-refractivity contribution in [3.8, 4) is 11.5 Å². The average molecular weight is 510 g/mol. The van der Waals surface area contributed by atoms with Crippen LogP contribution in [0.15, 0.2) is 65.3 Å². The van der Waals surface area contributed by atoms with Crippen molar-refractivity contribution >= 4 is 17.6 Å². The van der Waals surface area contributed by atoms with E-state index in [1.54, 1.807) is 41.5 Å². The highest BCUT2D eigenvalue weighted by Crippen LogP contribution is 2.33. The number of halogens is 1. The van der Waals surface area contributed by atoms with Crippen molar-refractivity contribution in [1.82, 2.24) is 9.80 Å². The Bertz CT molecular complexity index is 1230. The smallest absolute Gasteiger partial charge is 0.322 e. The summed E-state index contributed by atoms with van der Waals surface area (Å²) in [5.41, 5.74) is 0.885. The van der Waals surface area contributed by atoms with E-state index in [-0.39, 0.29) is 50.7 Å². The molecule has 2 aromatic carbocycles. The fourth-order valence-corrected chi connectivity index (χ4v) is 4.36. The molecule has 1 unspecified atom stereocenters. The first-order chi connectivity index (χ1) is 18.0. The number of urea groups is 1. The summed E-state index contributed by atoms with van der Waals surface area (Å²) in [6, 6.07) is 14.4. The van der Waals surface area contributed by atoms with Gasteiger partial charge in [-0.3, -0.25) is 4.79 Å². The van der Waals surface area contributed by atoms with Crippen LogP contribution >= 0.6 is 0 Å². The lowest BCUT2D eigenvalue weighted by atomic mass is 10.1. The summed E-state index contributed by atoms with van der Waals surface area (Å²) in [4.78, 5) is 29.8. The van der Waals surface area contributed by atoms with E-state index in [0.717, 1.165) is 18.4 Å². The van der Waals surface area contributed by atoms with Crippen LogP contribution in [0.4, 0.5) is 14.9 Å². The van der Waals surface area contributed by atoms with Gasteiger partial charge >= 0.3 is 6.03 Å². The first-order valence-corrected chi connectivity index (χ1v) is 12.2. The third kappa shape index (κ3) is 6.21. The maximum absolute atomic E-state index is 14.2. The Morgan fingerprint density at radius 3 is 2.65 bits per heavy atom. The van der Waals surface area contributed by atoms with Gasteiger partial charge in [0.1, 0.15) is 18.1 Å². The molecule has 3 aromatic rings. The van der Waals surface area contributed by atoms with Crippen LogP contribution < -0.4 is 14.8 Å². The Labute approximate surface area is 213 Å². The molecule has 1 atom stereocenters. The van der Waals surface area contributed by atoms with Gasteiger partial charge in [-0.2, -0.15) is 0 Å². The van der Waals surface area contributed by atoms with Gasteiger partial charge in [0, 0.05) is 19.7 Å². The van der Waals surface area contributed by atoms with Crippen LogP contribution in [-0.2, 0) is 22.6 Å². The van der Waals surface area contributed by atoms with Crippen molar-refractivity contribution in [2.24, 2.45) is 0 Å². The van der Waals surface area contributed by atoms with Gasteiger partial charge in [0.05, 0.1) is 24.6 Å². The van der Waals surface area contributed by atoms with Crippen LogP contribution in [0.1, 0.15) is 24.2 Å². The molecule has 3 amide bonds. The molecule has 1 aromatic heterocycles. The first kappa shape index (κ1) is 24.6. The second kappa shape index (κ2) is 11.3. The molecule has 194 valence electrons. The second-order valence-electron chi connectivity index (χ2n) is 8.94. The highest BCUT2D eigenvalue weighted by atomic mass is 19.1. The fraction of sp³-hybridized carbons (Fsp3) is 0.333. The largest absolute Gasteiger partial charge is 0.467 e. The Kier molecular flexibility index (Phi) is 7.55. The summed E-state index contributed by atoms with van der Waals surface area (Å²) in [7, 11) is 0. The molecular formula is C27H28FN3O6. The SMILES string of the molecule is O=C(CN(CC1CCCO1)C(=O)Nc1ccccc1F)N(Cc1ccc2c(c1)OCO2)Cc1ccco1. The zero-order valence-corrected chi connectivity index (χ0v) is 20.2. The zero-order chi connectivity index (χ0) is 25.6. The van der Waals surface area contributed by atoms with Crippen LogP contribution in [0.25, 0.3) is 0 Å². The number of carbonyl (C=O) groups is 2. The van der Waals surface area contributed by atoms with Crippen molar-refractivity contribution < 1.29 is 32.6 Å². The monoisotopic (exact) mass is 509 g/mol. The molecule has 0 bridgehead atoms. The number of nitrogens with one attached hydrogen (secondary N) is 1. The van der Waals surface area contributed by atoms with Crippen molar-refractivity contribution in [3.05, 3.63) is 78.0 Å². The van der Waals surface area contributed by atoms with E-state index in [9.17, 15) is 14.0 Å². The van der Waals surface area contributed by atoms with Gasteiger partial charge in [0.15, 0.2) is 11.5 Å². The third-order valence-electron chi connectivity index (χ3n) is 6.27. The van der Waals surface area contributed by atoms with Crippen LogP contribution in [-0.4, -0.2) is 54.3 Å². The molecule has 0 aliphatic carbocycles. The number of nitrogens with zero attached hydrogens (tertiary/aromatic N) is 2. The predicted molar refractivity (Wildman–Crippen MR) is 131 cm³/mol. The number of amides is 3. The van der Waals surface area contributed by atoms with Gasteiger partial charge in [0.25, 0.3) is 0 Å². The molecule has 0 saturated carbocycles. The average Bonchev–Trinajstić information content (AvgIpc) is 3.68. The molecule has 1 N–H and O–H groups in total. The summed E-state index contributed by atoms with van der Waals surface area (Å²) in [6.07, 6.45) is 3.03. The maximum atomic E-state index is 14.2. The van der Waals surface area contributed by atoms with Crippen molar-refractivity contribution in [1.29, 1.82) is 0 Å². The van der Waals surface area contributed by atoms with E-state index in [0.29, 0.717) is 23.9 Å². The maximum Gasteiger partial charge on any atom is 0.322 e. The summed E-state index contributed by atoms with van der Waals surface area (Å²) < 4.78 is 36.2. The lowest BCUT2D eigenvalue weighted by Crippen LogP contribution is -2.47. The Hall–Kier alpha value is -4.05. The van der Waals surface area contributed by atoms with E-state index < -0.39 is 11.8 Å². The number of benzene rings is 2. The topological polar surface area (TPSA) is 93.5 Å². The molecule has 1 fully saturated rings. The number of anilines is 1. The predicted octanol–water partition coefficient (Wildman–Crippen LogP) is 4.39.